The number of alkyl halides is 2. The summed E-state index contributed by atoms with van der Waals surface area (Å²) in [4.78, 5) is 0. The fraction of sp³-hybridized carbons (Fsp3) is 0.538. The lowest BCUT2D eigenvalue weighted by molar-refractivity contribution is 0.0183. The first-order valence-corrected chi connectivity index (χ1v) is 6.00. The summed E-state index contributed by atoms with van der Waals surface area (Å²) >= 11 is 0. The standard InChI is InChI=1S/C13H19F2NO3/c1-9(16-5-6-19-8-13(14)15)10-3-4-11(17)12(7-10)18-2/h3-4,7,9,13,16-17H,5-6,8H2,1-2H3. The molecule has 0 fully saturated rings. The van der Waals surface area contributed by atoms with Crippen LogP contribution in [-0.2, 0) is 4.74 Å². The van der Waals surface area contributed by atoms with E-state index in [1.807, 2.05) is 6.92 Å². The first-order valence-electron chi connectivity index (χ1n) is 6.00. The Kier molecular flexibility index (Phi) is 6.52. The maximum atomic E-state index is 11.8. The summed E-state index contributed by atoms with van der Waals surface area (Å²) < 4.78 is 33.4. The van der Waals surface area contributed by atoms with Crippen LogP contribution < -0.4 is 10.1 Å². The lowest BCUT2D eigenvalue weighted by Crippen LogP contribution is -2.24. The molecule has 0 aliphatic rings. The van der Waals surface area contributed by atoms with E-state index in [2.05, 4.69) is 5.32 Å². The van der Waals surface area contributed by atoms with Crippen molar-refractivity contribution in [2.75, 3.05) is 26.9 Å². The van der Waals surface area contributed by atoms with E-state index < -0.39 is 13.0 Å². The smallest absolute Gasteiger partial charge is 0.261 e. The number of benzene rings is 1. The Morgan fingerprint density at radius 2 is 2.11 bits per heavy atom. The number of nitrogens with one attached hydrogen (secondary N) is 1. The third kappa shape index (κ3) is 5.40. The van der Waals surface area contributed by atoms with Gasteiger partial charge in [0.25, 0.3) is 6.43 Å². The predicted molar refractivity (Wildman–Crippen MR) is 67.9 cm³/mol. The molecular weight excluding hydrogens is 256 g/mol. The van der Waals surface area contributed by atoms with E-state index in [0.29, 0.717) is 12.3 Å². The molecule has 0 radical (unpaired) electrons. The van der Waals surface area contributed by atoms with Gasteiger partial charge in [-0.2, -0.15) is 0 Å². The molecule has 0 aliphatic carbocycles. The Morgan fingerprint density at radius 3 is 2.74 bits per heavy atom. The zero-order valence-electron chi connectivity index (χ0n) is 11.0. The second kappa shape index (κ2) is 7.91. The summed E-state index contributed by atoms with van der Waals surface area (Å²) in [5.74, 6) is 0.485. The van der Waals surface area contributed by atoms with Crippen molar-refractivity contribution in [2.45, 2.75) is 19.4 Å². The highest BCUT2D eigenvalue weighted by Gasteiger charge is 2.09. The molecular formula is C13H19F2NO3. The molecule has 1 rings (SSSR count). The van der Waals surface area contributed by atoms with Crippen LogP contribution in [0.4, 0.5) is 8.78 Å². The van der Waals surface area contributed by atoms with Gasteiger partial charge in [0.15, 0.2) is 11.5 Å². The van der Waals surface area contributed by atoms with Gasteiger partial charge in [0.2, 0.25) is 0 Å². The Bertz CT molecular complexity index is 388. The van der Waals surface area contributed by atoms with Gasteiger partial charge in [-0.05, 0) is 24.6 Å². The number of aromatic hydroxyl groups is 1. The summed E-state index contributed by atoms with van der Waals surface area (Å²) in [6.07, 6.45) is -2.43. The van der Waals surface area contributed by atoms with E-state index >= 15 is 0 Å². The molecule has 0 heterocycles. The molecule has 0 saturated carbocycles. The van der Waals surface area contributed by atoms with Crippen molar-refractivity contribution < 1.29 is 23.4 Å². The normalized spacial score (nSPS) is 12.7. The van der Waals surface area contributed by atoms with Crippen molar-refractivity contribution in [3.63, 3.8) is 0 Å². The maximum Gasteiger partial charge on any atom is 0.261 e. The van der Waals surface area contributed by atoms with Crippen LogP contribution >= 0.6 is 0 Å². The number of rotatable bonds is 8. The Hall–Kier alpha value is -1.40. The lowest BCUT2D eigenvalue weighted by Gasteiger charge is -2.15. The monoisotopic (exact) mass is 275 g/mol. The fourth-order valence-electron chi connectivity index (χ4n) is 1.60. The number of phenols is 1. The molecule has 4 nitrogen and oxygen atoms in total. The molecule has 1 aromatic carbocycles. The van der Waals surface area contributed by atoms with E-state index in [-0.39, 0.29) is 18.4 Å². The maximum absolute atomic E-state index is 11.8. The van der Waals surface area contributed by atoms with E-state index in [1.54, 1.807) is 18.2 Å². The largest absolute Gasteiger partial charge is 0.504 e. The zero-order chi connectivity index (χ0) is 14.3. The van der Waals surface area contributed by atoms with Crippen LogP contribution in [0.15, 0.2) is 18.2 Å². The fourth-order valence-corrected chi connectivity index (χ4v) is 1.60. The first-order chi connectivity index (χ1) is 9.04. The average Bonchev–Trinajstić information content (AvgIpc) is 2.38. The van der Waals surface area contributed by atoms with E-state index in [0.717, 1.165) is 5.56 Å². The Morgan fingerprint density at radius 1 is 1.37 bits per heavy atom. The third-order valence-corrected chi connectivity index (χ3v) is 2.64. The number of halogens is 2. The van der Waals surface area contributed by atoms with Crippen molar-refractivity contribution in [3.8, 4) is 11.5 Å². The molecule has 19 heavy (non-hydrogen) atoms. The Labute approximate surface area is 111 Å². The van der Waals surface area contributed by atoms with Crippen molar-refractivity contribution in [1.29, 1.82) is 0 Å². The molecule has 0 amide bonds. The molecule has 0 spiro atoms. The Balaban J connectivity index is 2.38. The predicted octanol–water partition coefficient (Wildman–Crippen LogP) is 2.33. The minimum Gasteiger partial charge on any atom is -0.504 e. The van der Waals surface area contributed by atoms with E-state index in [1.165, 1.54) is 7.11 Å². The van der Waals surface area contributed by atoms with E-state index in [9.17, 15) is 13.9 Å². The van der Waals surface area contributed by atoms with Gasteiger partial charge in [0.05, 0.1) is 13.7 Å². The van der Waals surface area contributed by atoms with Gasteiger partial charge in [-0.3, -0.25) is 0 Å². The van der Waals surface area contributed by atoms with Crippen LogP contribution in [0.1, 0.15) is 18.5 Å². The molecule has 1 aromatic rings. The topological polar surface area (TPSA) is 50.7 Å². The van der Waals surface area contributed by atoms with Crippen LogP contribution in [0, 0.1) is 0 Å². The minimum absolute atomic E-state index is 0.00431. The van der Waals surface area contributed by atoms with Crippen molar-refractivity contribution in [3.05, 3.63) is 23.8 Å². The van der Waals surface area contributed by atoms with Crippen molar-refractivity contribution in [1.82, 2.24) is 5.32 Å². The molecule has 0 saturated heterocycles. The van der Waals surface area contributed by atoms with Crippen molar-refractivity contribution >= 4 is 0 Å². The van der Waals surface area contributed by atoms with Gasteiger partial charge in [0.1, 0.15) is 6.61 Å². The minimum atomic E-state index is -2.43. The second-order valence-electron chi connectivity index (χ2n) is 4.07. The summed E-state index contributed by atoms with van der Waals surface area (Å²) in [6, 6.07) is 5.06. The highest BCUT2D eigenvalue weighted by atomic mass is 19.3. The highest BCUT2D eigenvalue weighted by molar-refractivity contribution is 5.42. The molecule has 1 unspecified atom stereocenters. The first kappa shape index (κ1) is 15.7. The zero-order valence-corrected chi connectivity index (χ0v) is 11.0. The molecule has 2 N–H and O–H groups in total. The van der Waals surface area contributed by atoms with Gasteiger partial charge >= 0.3 is 0 Å². The molecule has 0 aliphatic heterocycles. The van der Waals surface area contributed by atoms with E-state index in [4.69, 9.17) is 9.47 Å². The van der Waals surface area contributed by atoms with Crippen LogP contribution in [-0.4, -0.2) is 38.4 Å². The lowest BCUT2D eigenvalue weighted by atomic mass is 10.1. The third-order valence-electron chi connectivity index (χ3n) is 2.64. The number of hydrogen-bond acceptors (Lipinski definition) is 4. The molecule has 6 heteroatoms. The quantitative estimate of drug-likeness (QED) is 0.715. The average molecular weight is 275 g/mol. The van der Waals surface area contributed by atoms with Crippen LogP contribution in [0.25, 0.3) is 0 Å². The van der Waals surface area contributed by atoms with Gasteiger partial charge in [0, 0.05) is 12.6 Å². The van der Waals surface area contributed by atoms with Gasteiger partial charge in [-0.1, -0.05) is 6.07 Å². The summed E-state index contributed by atoms with van der Waals surface area (Å²) in [7, 11) is 1.48. The molecule has 108 valence electrons. The summed E-state index contributed by atoms with van der Waals surface area (Å²) in [6.45, 7) is 2.09. The molecule has 0 bridgehead atoms. The van der Waals surface area contributed by atoms with Crippen molar-refractivity contribution in [2.24, 2.45) is 0 Å². The second-order valence-corrected chi connectivity index (χ2v) is 4.07. The SMILES string of the molecule is COc1cc(C(C)NCCOCC(F)F)ccc1O. The van der Waals surface area contributed by atoms with Crippen LogP contribution in [0.2, 0.25) is 0 Å². The van der Waals surface area contributed by atoms with Crippen LogP contribution in [0.3, 0.4) is 0 Å². The number of ether oxygens (including phenoxy) is 2. The summed E-state index contributed by atoms with van der Waals surface area (Å²) in [5, 5.41) is 12.6. The number of phenolic OH excluding ortho intramolecular Hbond substituents is 1. The van der Waals surface area contributed by atoms with Gasteiger partial charge in [-0.25, -0.2) is 8.78 Å². The van der Waals surface area contributed by atoms with Crippen LogP contribution in [0.5, 0.6) is 11.5 Å². The number of hydrogen-bond donors (Lipinski definition) is 2. The molecule has 0 aromatic heterocycles. The van der Waals surface area contributed by atoms with Gasteiger partial charge < -0.3 is 19.9 Å². The highest BCUT2D eigenvalue weighted by Crippen LogP contribution is 2.28. The molecule has 1 atom stereocenters. The summed E-state index contributed by atoms with van der Waals surface area (Å²) in [5.41, 5.74) is 0.934. The number of methoxy groups -OCH3 is 1. The van der Waals surface area contributed by atoms with Gasteiger partial charge in [-0.15, -0.1) is 0 Å².